The molecule has 0 saturated carbocycles. The van der Waals surface area contributed by atoms with Crippen LogP contribution in [0.4, 0.5) is 0 Å². The molecule has 1 amide bonds. The van der Waals surface area contributed by atoms with Crippen LogP contribution in [0.15, 0.2) is 85.2 Å². The fraction of sp³-hybridized carbons (Fsp3) is 0.182. The van der Waals surface area contributed by atoms with Crippen molar-refractivity contribution in [1.82, 2.24) is 10.5 Å². The van der Waals surface area contributed by atoms with E-state index in [1.165, 1.54) is 0 Å². The van der Waals surface area contributed by atoms with Crippen molar-refractivity contribution < 1.29 is 14.7 Å². The number of rotatable bonds is 8. The highest BCUT2D eigenvalue weighted by Gasteiger charge is 2.32. The molecule has 0 fully saturated rings. The van der Waals surface area contributed by atoms with E-state index < -0.39 is 5.60 Å². The van der Waals surface area contributed by atoms with Crippen LogP contribution in [-0.4, -0.2) is 16.0 Å². The summed E-state index contributed by atoms with van der Waals surface area (Å²) in [5, 5.41) is 11.3. The summed E-state index contributed by atoms with van der Waals surface area (Å²) in [4.78, 5) is 21.8. The van der Waals surface area contributed by atoms with E-state index >= 15 is 0 Å². The number of pyridine rings is 1. The van der Waals surface area contributed by atoms with Crippen LogP contribution in [0.3, 0.4) is 0 Å². The molecule has 0 saturated heterocycles. The molecule has 3 aromatic rings. The van der Waals surface area contributed by atoms with Gasteiger partial charge in [0.25, 0.3) is 0 Å². The Bertz CT molecular complexity index is 841. The second-order valence-corrected chi connectivity index (χ2v) is 6.41. The fourth-order valence-electron chi connectivity index (χ4n) is 2.93. The van der Waals surface area contributed by atoms with Gasteiger partial charge in [-0.2, -0.15) is 0 Å². The van der Waals surface area contributed by atoms with Gasteiger partial charge < -0.3 is 5.11 Å². The molecule has 0 aliphatic heterocycles. The first-order chi connectivity index (χ1) is 13.2. The van der Waals surface area contributed by atoms with Crippen LogP contribution in [-0.2, 0) is 28.3 Å². The number of aliphatic hydroxyl groups is 1. The van der Waals surface area contributed by atoms with Crippen LogP contribution in [0.25, 0.3) is 0 Å². The molecule has 1 atom stereocenters. The maximum atomic E-state index is 12.4. The van der Waals surface area contributed by atoms with E-state index in [0.717, 1.165) is 11.1 Å². The maximum Gasteiger partial charge on any atom is 0.246 e. The smallest absolute Gasteiger partial charge is 0.246 e. The summed E-state index contributed by atoms with van der Waals surface area (Å²) in [6, 6.07) is 22.4. The summed E-state index contributed by atoms with van der Waals surface area (Å²) in [6.07, 6.45) is 3.52. The molecule has 2 aromatic carbocycles. The van der Waals surface area contributed by atoms with Crippen LogP contribution in [0, 0.1) is 0 Å². The summed E-state index contributed by atoms with van der Waals surface area (Å²) in [6.45, 7) is 0.263. The van der Waals surface area contributed by atoms with E-state index in [9.17, 15) is 9.90 Å². The van der Waals surface area contributed by atoms with Gasteiger partial charge >= 0.3 is 0 Å². The lowest BCUT2D eigenvalue weighted by Gasteiger charge is -2.28. The molecule has 5 nitrogen and oxygen atoms in total. The Kier molecular flexibility index (Phi) is 6.30. The third-order valence-electron chi connectivity index (χ3n) is 4.25. The van der Waals surface area contributed by atoms with Crippen molar-refractivity contribution in [2.75, 3.05) is 0 Å². The van der Waals surface area contributed by atoms with E-state index in [2.05, 4.69) is 10.5 Å². The van der Waals surface area contributed by atoms with E-state index in [0.29, 0.717) is 5.56 Å². The summed E-state index contributed by atoms with van der Waals surface area (Å²) in [7, 11) is 0. The average molecular weight is 362 g/mol. The zero-order valence-corrected chi connectivity index (χ0v) is 14.9. The second-order valence-electron chi connectivity index (χ2n) is 6.41. The van der Waals surface area contributed by atoms with Crippen molar-refractivity contribution in [1.29, 1.82) is 0 Å². The number of aromatic nitrogens is 1. The van der Waals surface area contributed by atoms with E-state index in [-0.39, 0.29) is 25.4 Å². The number of nitrogens with zero attached hydrogens (tertiary/aromatic N) is 1. The minimum absolute atomic E-state index is 0.124. The first-order valence-corrected chi connectivity index (χ1v) is 8.77. The highest BCUT2D eigenvalue weighted by Crippen LogP contribution is 2.29. The molecule has 27 heavy (non-hydrogen) atoms. The maximum absolute atomic E-state index is 12.4. The molecule has 0 bridgehead atoms. The predicted molar refractivity (Wildman–Crippen MR) is 102 cm³/mol. The lowest BCUT2D eigenvalue weighted by Crippen LogP contribution is -2.36. The van der Waals surface area contributed by atoms with Gasteiger partial charge in [-0.3, -0.25) is 14.6 Å². The molecular formula is C22H22N2O3. The topological polar surface area (TPSA) is 71.5 Å². The number of nitrogens with one attached hydrogen (secondary N) is 1. The van der Waals surface area contributed by atoms with Gasteiger partial charge in [0, 0.05) is 18.8 Å². The second kappa shape index (κ2) is 9.07. The summed E-state index contributed by atoms with van der Waals surface area (Å²) in [5.41, 5.74) is 3.54. The molecule has 0 aliphatic carbocycles. The number of carbonyl (C=O) groups excluding carboxylic acids is 1. The zero-order chi connectivity index (χ0) is 19.0. The van der Waals surface area contributed by atoms with Crippen molar-refractivity contribution in [2.45, 2.75) is 25.0 Å². The summed E-state index contributed by atoms with van der Waals surface area (Å²) >= 11 is 0. The zero-order valence-electron chi connectivity index (χ0n) is 14.9. The van der Waals surface area contributed by atoms with E-state index in [1.807, 2.05) is 72.8 Å². The molecule has 1 unspecified atom stereocenters. The van der Waals surface area contributed by atoms with Gasteiger partial charge in [-0.25, -0.2) is 5.48 Å². The van der Waals surface area contributed by atoms with Gasteiger partial charge in [-0.15, -0.1) is 0 Å². The highest BCUT2D eigenvalue weighted by molar-refractivity contribution is 5.76. The molecule has 0 spiro atoms. The predicted octanol–water partition coefficient (Wildman–Crippen LogP) is 3.15. The largest absolute Gasteiger partial charge is 0.384 e. The lowest BCUT2D eigenvalue weighted by atomic mass is 9.84. The first-order valence-electron chi connectivity index (χ1n) is 8.77. The van der Waals surface area contributed by atoms with Crippen LogP contribution in [0.2, 0.25) is 0 Å². The molecule has 5 heteroatoms. The van der Waals surface area contributed by atoms with E-state index in [4.69, 9.17) is 4.84 Å². The Hall–Kier alpha value is -3.02. The molecule has 0 aliphatic rings. The molecular weight excluding hydrogens is 340 g/mol. The first kappa shape index (κ1) is 18.8. The van der Waals surface area contributed by atoms with Gasteiger partial charge in [0.2, 0.25) is 5.91 Å². The van der Waals surface area contributed by atoms with Crippen molar-refractivity contribution in [3.8, 4) is 0 Å². The molecule has 138 valence electrons. The summed E-state index contributed by atoms with van der Waals surface area (Å²) < 4.78 is 0. The molecule has 0 radical (unpaired) electrons. The Labute approximate surface area is 158 Å². The van der Waals surface area contributed by atoms with Gasteiger partial charge in [0.15, 0.2) is 0 Å². The number of hydrogen-bond acceptors (Lipinski definition) is 4. The molecule has 1 aromatic heterocycles. The summed E-state index contributed by atoms with van der Waals surface area (Å²) in [5.74, 6) is -0.388. The highest BCUT2D eigenvalue weighted by atomic mass is 16.6. The van der Waals surface area contributed by atoms with Crippen molar-refractivity contribution >= 4 is 5.91 Å². The minimum atomic E-state index is -1.36. The van der Waals surface area contributed by atoms with E-state index in [1.54, 1.807) is 12.4 Å². The van der Waals surface area contributed by atoms with Crippen molar-refractivity contribution in [2.24, 2.45) is 0 Å². The van der Waals surface area contributed by atoms with Crippen LogP contribution >= 0.6 is 0 Å². The van der Waals surface area contributed by atoms with Crippen LogP contribution < -0.4 is 5.48 Å². The third-order valence-corrected chi connectivity index (χ3v) is 4.25. The number of amides is 1. The monoisotopic (exact) mass is 362 g/mol. The Morgan fingerprint density at radius 1 is 0.963 bits per heavy atom. The number of hydroxylamine groups is 1. The fourth-order valence-corrected chi connectivity index (χ4v) is 2.93. The SMILES string of the molecule is O=C(CC(O)(Cc1cccnc1)c1ccccc1)NOCc1ccccc1. The van der Waals surface area contributed by atoms with Gasteiger partial charge in [-0.05, 0) is 22.8 Å². The van der Waals surface area contributed by atoms with Crippen molar-refractivity contribution in [3.63, 3.8) is 0 Å². The Morgan fingerprint density at radius 2 is 1.63 bits per heavy atom. The van der Waals surface area contributed by atoms with Crippen molar-refractivity contribution in [3.05, 3.63) is 102 Å². The Morgan fingerprint density at radius 3 is 2.30 bits per heavy atom. The normalized spacial score (nSPS) is 12.9. The lowest BCUT2D eigenvalue weighted by molar-refractivity contribution is -0.140. The standard InChI is InChI=1S/C22H22N2O3/c25-21(24-27-17-18-8-3-1-4-9-18)15-22(26,20-11-5-2-6-12-20)14-19-10-7-13-23-16-19/h1-13,16,26H,14-15,17H2,(H,24,25). The molecule has 1 heterocycles. The molecule has 3 rings (SSSR count). The Balaban J connectivity index is 1.66. The number of benzene rings is 2. The average Bonchev–Trinajstić information content (AvgIpc) is 2.70. The third kappa shape index (κ3) is 5.48. The minimum Gasteiger partial charge on any atom is -0.384 e. The number of hydrogen-bond donors (Lipinski definition) is 2. The van der Waals surface area contributed by atoms with Crippen LogP contribution in [0.5, 0.6) is 0 Å². The molecule has 2 N–H and O–H groups in total. The van der Waals surface area contributed by atoms with Gasteiger partial charge in [0.1, 0.15) is 5.60 Å². The van der Waals surface area contributed by atoms with Gasteiger partial charge in [0.05, 0.1) is 13.0 Å². The number of carbonyl (C=O) groups is 1. The quantitative estimate of drug-likeness (QED) is 0.604. The van der Waals surface area contributed by atoms with Gasteiger partial charge in [-0.1, -0.05) is 66.7 Å². The van der Waals surface area contributed by atoms with Crippen LogP contribution in [0.1, 0.15) is 23.1 Å².